The Labute approximate surface area is 80.0 Å². The SMILES string of the molecule is Cc1cc(O)c(CCO)cc1Br. The molecule has 0 aromatic heterocycles. The summed E-state index contributed by atoms with van der Waals surface area (Å²) in [6.07, 6.45) is 0.491. The number of aromatic hydroxyl groups is 1. The number of rotatable bonds is 2. The third-order valence-corrected chi connectivity index (χ3v) is 2.60. The van der Waals surface area contributed by atoms with E-state index in [-0.39, 0.29) is 12.4 Å². The van der Waals surface area contributed by atoms with Crippen LogP contribution in [0.2, 0.25) is 0 Å². The maximum atomic E-state index is 9.41. The summed E-state index contributed by atoms with van der Waals surface area (Å²) in [4.78, 5) is 0. The lowest BCUT2D eigenvalue weighted by Crippen LogP contribution is -1.92. The van der Waals surface area contributed by atoms with Gasteiger partial charge in [0.25, 0.3) is 0 Å². The average Bonchev–Trinajstić information content (AvgIpc) is 2.01. The van der Waals surface area contributed by atoms with Gasteiger partial charge in [-0.15, -0.1) is 0 Å². The van der Waals surface area contributed by atoms with Crippen LogP contribution in [-0.4, -0.2) is 16.8 Å². The lowest BCUT2D eigenvalue weighted by atomic mass is 10.1. The van der Waals surface area contributed by atoms with E-state index in [4.69, 9.17) is 5.11 Å². The van der Waals surface area contributed by atoms with E-state index in [0.717, 1.165) is 15.6 Å². The van der Waals surface area contributed by atoms with E-state index in [2.05, 4.69) is 15.9 Å². The molecule has 0 aliphatic rings. The van der Waals surface area contributed by atoms with Gasteiger partial charge in [-0.3, -0.25) is 0 Å². The van der Waals surface area contributed by atoms with Crippen molar-refractivity contribution in [3.8, 4) is 5.75 Å². The zero-order chi connectivity index (χ0) is 9.14. The zero-order valence-electron chi connectivity index (χ0n) is 6.84. The summed E-state index contributed by atoms with van der Waals surface area (Å²) in [5.41, 5.74) is 1.77. The van der Waals surface area contributed by atoms with Crippen LogP contribution >= 0.6 is 15.9 Å². The molecular weight excluding hydrogens is 220 g/mol. The van der Waals surface area contributed by atoms with Crippen LogP contribution in [0.4, 0.5) is 0 Å². The fourth-order valence-electron chi connectivity index (χ4n) is 1.03. The molecule has 66 valence electrons. The highest BCUT2D eigenvalue weighted by atomic mass is 79.9. The van der Waals surface area contributed by atoms with Crippen LogP contribution in [0.1, 0.15) is 11.1 Å². The van der Waals surface area contributed by atoms with Crippen molar-refractivity contribution in [1.82, 2.24) is 0 Å². The Hall–Kier alpha value is -0.540. The van der Waals surface area contributed by atoms with Crippen LogP contribution in [0.15, 0.2) is 16.6 Å². The van der Waals surface area contributed by atoms with Crippen LogP contribution in [0.3, 0.4) is 0 Å². The highest BCUT2D eigenvalue weighted by Crippen LogP contribution is 2.25. The number of hydrogen-bond donors (Lipinski definition) is 2. The van der Waals surface area contributed by atoms with Gasteiger partial charge in [-0.05, 0) is 36.6 Å². The smallest absolute Gasteiger partial charge is 0.119 e. The van der Waals surface area contributed by atoms with Gasteiger partial charge in [-0.2, -0.15) is 0 Å². The van der Waals surface area contributed by atoms with Crippen molar-refractivity contribution < 1.29 is 10.2 Å². The largest absolute Gasteiger partial charge is 0.508 e. The molecule has 12 heavy (non-hydrogen) atoms. The minimum absolute atomic E-state index is 0.0586. The maximum absolute atomic E-state index is 9.41. The Morgan fingerprint density at radius 1 is 1.42 bits per heavy atom. The Morgan fingerprint density at radius 2 is 2.08 bits per heavy atom. The van der Waals surface area contributed by atoms with E-state index < -0.39 is 0 Å². The summed E-state index contributed by atoms with van der Waals surface area (Å²) in [5.74, 6) is 0.254. The van der Waals surface area contributed by atoms with Gasteiger partial charge in [-0.25, -0.2) is 0 Å². The number of aliphatic hydroxyl groups excluding tert-OH is 1. The molecule has 2 N–H and O–H groups in total. The van der Waals surface area contributed by atoms with E-state index in [1.807, 2.05) is 13.0 Å². The van der Waals surface area contributed by atoms with Gasteiger partial charge < -0.3 is 10.2 Å². The quantitative estimate of drug-likeness (QED) is 0.817. The monoisotopic (exact) mass is 230 g/mol. The molecule has 0 aliphatic carbocycles. The van der Waals surface area contributed by atoms with Gasteiger partial charge >= 0.3 is 0 Å². The van der Waals surface area contributed by atoms with Crippen LogP contribution in [0, 0.1) is 6.92 Å². The fourth-order valence-corrected chi connectivity index (χ4v) is 1.42. The zero-order valence-corrected chi connectivity index (χ0v) is 8.43. The third-order valence-electron chi connectivity index (χ3n) is 1.74. The fraction of sp³-hybridized carbons (Fsp3) is 0.333. The van der Waals surface area contributed by atoms with Crippen molar-refractivity contribution in [2.75, 3.05) is 6.61 Å². The van der Waals surface area contributed by atoms with Crippen molar-refractivity contribution in [3.05, 3.63) is 27.7 Å². The Bertz CT molecular complexity index is 284. The molecule has 3 heteroatoms. The minimum Gasteiger partial charge on any atom is -0.508 e. The number of phenols is 1. The molecule has 1 rings (SSSR count). The number of aryl methyl sites for hydroxylation is 1. The van der Waals surface area contributed by atoms with E-state index in [1.165, 1.54) is 0 Å². The van der Waals surface area contributed by atoms with Gasteiger partial charge in [0, 0.05) is 11.1 Å². The molecule has 0 fully saturated rings. The maximum Gasteiger partial charge on any atom is 0.119 e. The van der Waals surface area contributed by atoms with E-state index >= 15 is 0 Å². The lowest BCUT2D eigenvalue weighted by Gasteiger charge is -2.05. The molecule has 0 bridgehead atoms. The standard InChI is InChI=1S/C9H11BrO2/c1-6-4-9(12)7(2-3-11)5-8(6)10/h4-5,11-12H,2-3H2,1H3. The highest BCUT2D eigenvalue weighted by Gasteiger charge is 2.03. The number of phenolic OH excluding ortho intramolecular Hbond substituents is 1. The van der Waals surface area contributed by atoms with Crippen molar-refractivity contribution in [2.24, 2.45) is 0 Å². The van der Waals surface area contributed by atoms with Gasteiger partial charge in [-0.1, -0.05) is 15.9 Å². The first-order chi connectivity index (χ1) is 5.65. The normalized spacial score (nSPS) is 10.2. The number of halogens is 1. The number of benzene rings is 1. The predicted molar refractivity (Wildman–Crippen MR) is 51.3 cm³/mol. The summed E-state index contributed by atoms with van der Waals surface area (Å²) in [6, 6.07) is 3.52. The van der Waals surface area contributed by atoms with E-state index in [0.29, 0.717) is 6.42 Å². The molecule has 0 saturated heterocycles. The second-order valence-corrected chi connectivity index (χ2v) is 3.56. The second-order valence-electron chi connectivity index (χ2n) is 2.70. The van der Waals surface area contributed by atoms with Gasteiger partial charge in [0.15, 0.2) is 0 Å². The van der Waals surface area contributed by atoms with Crippen LogP contribution in [-0.2, 0) is 6.42 Å². The first-order valence-corrected chi connectivity index (χ1v) is 4.53. The Morgan fingerprint density at radius 3 is 2.67 bits per heavy atom. The third kappa shape index (κ3) is 1.99. The van der Waals surface area contributed by atoms with Gasteiger partial charge in [0.1, 0.15) is 5.75 Å². The van der Waals surface area contributed by atoms with E-state index in [9.17, 15) is 5.11 Å². The summed E-state index contributed by atoms with van der Waals surface area (Å²) in [6.45, 7) is 1.97. The molecule has 1 aromatic rings. The topological polar surface area (TPSA) is 40.5 Å². The number of aliphatic hydroxyl groups is 1. The second kappa shape index (κ2) is 3.92. The molecule has 0 radical (unpaired) electrons. The number of hydrogen-bond acceptors (Lipinski definition) is 2. The van der Waals surface area contributed by atoms with Crippen LogP contribution in [0.25, 0.3) is 0 Å². The van der Waals surface area contributed by atoms with Crippen molar-refractivity contribution in [3.63, 3.8) is 0 Å². The summed E-state index contributed by atoms with van der Waals surface area (Å²) >= 11 is 3.36. The molecule has 0 unspecified atom stereocenters. The summed E-state index contributed by atoms with van der Waals surface area (Å²) in [5, 5.41) is 18.1. The molecule has 0 spiro atoms. The van der Waals surface area contributed by atoms with Gasteiger partial charge in [0.2, 0.25) is 0 Å². The Kier molecular flexibility index (Phi) is 3.12. The molecular formula is C9H11BrO2. The molecule has 0 amide bonds. The molecule has 2 nitrogen and oxygen atoms in total. The first-order valence-electron chi connectivity index (χ1n) is 3.74. The van der Waals surface area contributed by atoms with Crippen molar-refractivity contribution in [1.29, 1.82) is 0 Å². The minimum atomic E-state index is 0.0586. The van der Waals surface area contributed by atoms with Gasteiger partial charge in [0.05, 0.1) is 0 Å². The van der Waals surface area contributed by atoms with Crippen molar-refractivity contribution in [2.45, 2.75) is 13.3 Å². The lowest BCUT2D eigenvalue weighted by molar-refractivity contribution is 0.297. The molecule has 1 aromatic carbocycles. The summed E-state index contributed by atoms with van der Waals surface area (Å²) in [7, 11) is 0. The summed E-state index contributed by atoms with van der Waals surface area (Å²) < 4.78 is 0.962. The highest BCUT2D eigenvalue weighted by molar-refractivity contribution is 9.10. The molecule has 0 saturated carbocycles. The molecule has 0 atom stereocenters. The van der Waals surface area contributed by atoms with Crippen LogP contribution < -0.4 is 0 Å². The van der Waals surface area contributed by atoms with Crippen LogP contribution in [0.5, 0.6) is 5.75 Å². The van der Waals surface area contributed by atoms with E-state index in [1.54, 1.807) is 6.07 Å². The molecule has 0 aliphatic heterocycles. The van der Waals surface area contributed by atoms with Crippen molar-refractivity contribution >= 4 is 15.9 Å². The Balaban J connectivity index is 3.05. The predicted octanol–water partition coefficient (Wildman–Crippen LogP) is 2.00. The average molecular weight is 231 g/mol. The first kappa shape index (κ1) is 9.55. The molecule has 0 heterocycles.